The quantitative estimate of drug-likeness (QED) is 0.812. The smallest absolute Gasteiger partial charge is 0.329 e. The Morgan fingerprint density at radius 2 is 2.15 bits per heavy atom. The zero-order chi connectivity index (χ0) is 19.2. The predicted molar refractivity (Wildman–Crippen MR) is 75.8 cm³/mol. The summed E-state index contributed by atoms with van der Waals surface area (Å²) in [5, 5.41) is 9.64. The highest BCUT2D eigenvalue weighted by molar-refractivity contribution is 5.70. The van der Waals surface area contributed by atoms with Gasteiger partial charge in [-0.3, -0.25) is 14.3 Å². The van der Waals surface area contributed by atoms with Gasteiger partial charge in [0.2, 0.25) is 0 Å². The highest BCUT2D eigenvalue weighted by atomic mass is 16.3. The highest BCUT2D eigenvalue weighted by Gasteiger charge is 2.14. The van der Waals surface area contributed by atoms with Crippen molar-refractivity contribution >= 4 is 11.2 Å². The molecule has 7 heteroatoms. The number of aliphatic hydroxyl groups excluding tert-OH is 1. The number of aromatic amines is 1. The van der Waals surface area contributed by atoms with Gasteiger partial charge in [-0.05, 0) is 19.6 Å². The minimum atomic E-state index is -2.80. The molecule has 0 radical (unpaired) electrons. The van der Waals surface area contributed by atoms with E-state index in [-0.39, 0.29) is 30.4 Å². The van der Waals surface area contributed by atoms with Gasteiger partial charge in [-0.15, -0.1) is 0 Å². The second-order valence-electron chi connectivity index (χ2n) is 4.54. The van der Waals surface area contributed by atoms with Crippen LogP contribution in [-0.2, 0) is 20.5 Å². The van der Waals surface area contributed by atoms with Gasteiger partial charge in [0.05, 0.1) is 6.10 Å². The van der Waals surface area contributed by atoms with Gasteiger partial charge < -0.3 is 9.67 Å². The van der Waals surface area contributed by atoms with Gasteiger partial charge in [0.15, 0.2) is 11.2 Å². The van der Waals surface area contributed by atoms with Crippen LogP contribution in [0.15, 0.2) is 9.59 Å². The third kappa shape index (κ3) is 2.67. The third-order valence-electron chi connectivity index (χ3n) is 3.14. The van der Waals surface area contributed by atoms with Crippen molar-refractivity contribution in [1.82, 2.24) is 19.1 Å². The molecule has 7 nitrogen and oxygen atoms in total. The van der Waals surface area contributed by atoms with E-state index in [0.29, 0.717) is 5.82 Å². The molecular weight excluding hydrogens is 260 g/mol. The van der Waals surface area contributed by atoms with Crippen LogP contribution in [-0.4, -0.2) is 30.3 Å². The summed E-state index contributed by atoms with van der Waals surface area (Å²) in [7, 11) is 3.08. The van der Waals surface area contributed by atoms with Crippen LogP contribution in [0.25, 0.3) is 11.2 Å². The largest absolute Gasteiger partial charge is 0.393 e. The average molecular weight is 285 g/mol. The van der Waals surface area contributed by atoms with E-state index in [1.807, 2.05) is 0 Å². The Morgan fingerprint density at radius 1 is 1.40 bits per heavy atom. The number of hydrogen-bond acceptors (Lipinski definition) is 4. The number of imidazole rings is 1. The summed E-state index contributed by atoms with van der Waals surface area (Å²) < 4.78 is 39.6. The van der Waals surface area contributed by atoms with Gasteiger partial charge in [0.1, 0.15) is 5.82 Å². The Balaban J connectivity index is 2.21. The number of aryl methyl sites for hydroxylation is 3. The normalized spacial score (nSPS) is 18.1. The van der Waals surface area contributed by atoms with Crippen LogP contribution in [0.5, 0.6) is 0 Å². The number of nitrogens with zero attached hydrogens (tertiary/aromatic N) is 3. The molecule has 1 atom stereocenters. The Morgan fingerprint density at radius 3 is 2.85 bits per heavy atom. The minimum absolute atomic E-state index is 0.189. The molecule has 0 aliphatic rings. The number of fused-ring (bicyclic) bond motifs is 1. The summed E-state index contributed by atoms with van der Waals surface area (Å²) in [6.45, 7) is -2.80. The van der Waals surface area contributed by atoms with E-state index in [2.05, 4.69) is 9.97 Å². The fourth-order valence-electron chi connectivity index (χ4n) is 2.06. The summed E-state index contributed by atoms with van der Waals surface area (Å²) in [5.74, 6) is 0.459. The SMILES string of the molecule is [2H]C([2H])([2H])[C@H](O)C([2H])([2H])CCCc1nc2c(c(=O)[nH]c(=O)n2C)n1C. The lowest BCUT2D eigenvalue weighted by atomic mass is 10.1. The molecule has 0 aliphatic heterocycles. The first kappa shape index (κ1) is 9.12. The van der Waals surface area contributed by atoms with E-state index in [4.69, 9.17) is 6.85 Å². The first-order chi connectivity index (χ1) is 11.4. The Bertz CT molecular complexity index is 896. The monoisotopic (exact) mass is 285 g/mol. The van der Waals surface area contributed by atoms with Crippen LogP contribution in [0.4, 0.5) is 0 Å². The van der Waals surface area contributed by atoms with Crippen molar-refractivity contribution in [2.24, 2.45) is 14.1 Å². The molecule has 0 bridgehead atoms. The zero-order valence-corrected chi connectivity index (χ0v) is 11.3. The molecule has 0 saturated carbocycles. The second kappa shape index (κ2) is 5.62. The van der Waals surface area contributed by atoms with Crippen molar-refractivity contribution in [2.45, 2.75) is 38.6 Å². The fourth-order valence-corrected chi connectivity index (χ4v) is 2.06. The van der Waals surface area contributed by atoms with Crippen LogP contribution >= 0.6 is 0 Å². The van der Waals surface area contributed by atoms with Gasteiger partial charge in [0, 0.05) is 27.4 Å². The van der Waals surface area contributed by atoms with Crippen LogP contribution in [0, 0.1) is 0 Å². The lowest BCUT2D eigenvalue weighted by molar-refractivity contribution is 0.180. The molecule has 20 heavy (non-hydrogen) atoms. The van der Waals surface area contributed by atoms with Gasteiger partial charge in [0.25, 0.3) is 5.56 Å². The molecular formula is C13H20N4O3. The molecule has 2 rings (SSSR count). The van der Waals surface area contributed by atoms with Gasteiger partial charge in [-0.2, -0.15) is 0 Å². The number of H-pyrrole nitrogens is 1. The molecule has 2 aromatic rings. The molecule has 0 aromatic carbocycles. The predicted octanol–water partition coefficient (Wildman–Crippen LogP) is 0.0539. The first-order valence-electron chi connectivity index (χ1n) is 8.69. The van der Waals surface area contributed by atoms with Crippen LogP contribution < -0.4 is 11.2 Å². The molecule has 0 aliphatic carbocycles. The topological polar surface area (TPSA) is 92.9 Å². The standard InChI is InChI=1S/C13H20N4O3/c1-8(18)6-4-5-7-9-14-11-10(16(9)2)12(19)15-13(20)17(11)3/h8,18H,4-7H2,1-3H3,(H,15,19,20)/t8-/m0/s1/i1D3,6D2. The maximum Gasteiger partial charge on any atom is 0.329 e. The molecule has 110 valence electrons. The maximum absolute atomic E-state index is 11.9. The van der Waals surface area contributed by atoms with Gasteiger partial charge >= 0.3 is 5.69 Å². The molecule has 0 amide bonds. The summed E-state index contributed by atoms with van der Waals surface area (Å²) in [4.78, 5) is 30.0. The van der Waals surface area contributed by atoms with E-state index >= 15 is 0 Å². The lowest BCUT2D eigenvalue weighted by Gasteiger charge is -2.04. The third-order valence-corrected chi connectivity index (χ3v) is 3.14. The van der Waals surface area contributed by atoms with Crippen molar-refractivity contribution < 1.29 is 12.0 Å². The fraction of sp³-hybridized carbons (Fsp3) is 0.615. The summed E-state index contributed by atoms with van der Waals surface area (Å²) in [6, 6.07) is 0. The van der Waals surface area contributed by atoms with E-state index < -0.39 is 30.6 Å². The number of nitrogens with one attached hydrogen (secondary N) is 1. The van der Waals surface area contributed by atoms with Gasteiger partial charge in [-0.1, -0.05) is 6.42 Å². The van der Waals surface area contributed by atoms with Crippen molar-refractivity contribution in [1.29, 1.82) is 0 Å². The van der Waals surface area contributed by atoms with E-state index in [9.17, 15) is 14.7 Å². The number of aromatic nitrogens is 4. The van der Waals surface area contributed by atoms with Crippen LogP contribution in [0.3, 0.4) is 0 Å². The summed E-state index contributed by atoms with van der Waals surface area (Å²) in [6.07, 6.45) is -4.08. The Hall–Kier alpha value is -1.89. The van der Waals surface area contributed by atoms with Crippen molar-refractivity contribution in [3.63, 3.8) is 0 Å². The van der Waals surface area contributed by atoms with E-state index in [1.165, 1.54) is 16.2 Å². The van der Waals surface area contributed by atoms with E-state index in [0.717, 1.165) is 0 Å². The Labute approximate surface area is 122 Å². The number of rotatable bonds is 5. The van der Waals surface area contributed by atoms with Crippen molar-refractivity contribution in [3.8, 4) is 0 Å². The molecule has 2 heterocycles. The molecule has 0 fully saturated rings. The molecule has 0 saturated heterocycles. The molecule has 0 unspecified atom stereocenters. The minimum Gasteiger partial charge on any atom is -0.393 e. The molecule has 2 aromatic heterocycles. The van der Waals surface area contributed by atoms with Crippen molar-refractivity contribution in [3.05, 3.63) is 26.7 Å². The maximum atomic E-state index is 11.9. The first-order valence-corrected chi connectivity index (χ1v) is 6.19. The Kier molecular flexibility index (Phi) is 2.56. The zero-order valence-electron chi connectivity index (χ0n) is 16.3. The average Bonchev–Trinajstić information content (AvgIpc) is 2.81. The van der Waals surface area contributed by atoms with Crippen LogP contribution in [0.2, 0.25) is 0 Å². The highest BCUT2D eigenvalue weighted by Crippen LogP contribution is 2.12. The summed E-state index contributed by atoms with van der Waals surface area (Å²) >= 11 is 0. The number of aliphatic hydroxyl groups is 1. The van der Waals surface area contributed by atoms with Gasteiger partial charge in [-0.25, -0.2) is 9.78 Å². The molecule has 2 N–H and O–H groups in total. The van der Waals surface area contributed by atoms with Crippen LogP contribution in [0.1, 0.15) is 38.7 Å². The summed E-state index contributed by atoms with van der Waals surface area (Å²) in [5.41, 5.74) is -0.703. The lowest BCUT2D eigenvalue weighted by Crippen LogP contribution is -2.29. The number of hydrogen-bond donors (Lipinski definition) is 2. The van der Waals surface area contributed by atoms with E-state index in [1.54, 1.807) is 7.05 Å². The van der Waals surface area contributed by atoms with Crippen molar-refractivity contribution in [2.75, 3.05) is 0 Å². The molecule has 0 spiro atoms. The second-order valence-corrected chi connectivity index (χ2v) is 4.54.